The Morgan fingerprint density at radius 1 is 1.21 bits per heavy atom. The normalized spacial score (nSPS) is 23.1. The first-order chi connectivity index (χ1) is 20.2. The topological polar surface area (TPSA) is 78.7 Å². The summed E-state index contributed by atoms with van der Waals surface area (Å²) in [6, 6.07) is 4.87. The van der Waals surface area contributed by atoms with Gasteiger partial charge in [0, 0.05) is 24.8 Å². The first kappa shape index (κ1) is 30.0. The maximum atomic E-state index is 13.9. The Balaban J connectivity index is 1.31. The van der Waals surface area contributed by atoms with Crippen LogP contribution in [-0.4, -0.2) is 55.7 Å². The fourth-order valence-electron chi connectivity index (χ4n) is 6.42. The second-order valence-corrected chi connectivity index (χ2v) is 13.4. The molecule has 0 saturated carbocycles. The zero-order chi connectivity index (χ0) is 30.8. The molecule has 0 bridgehead atoms. The molecular weight excluding hydrogens is 578 g/mol. The third kappa shape index (κ3) is 5.89. The van der Waals surface area contributed by atoms with Crippen LogP contribution in [0.25, 0.3) is 11.0 Å². The van der Waals surface area contributed by atoms with Gasteiger partial charge in [-0.1, -0.05) is 17.7 Å². The molecule has 0 spiro atoms. The molecule has 11 heteroatoms. The van der Waals surface area contributed by atoms with E-state index in [1.807, 2.05) is 51.4 Å². The van der Waals surface area contributed by atoms with Gasteiger partial charge in [0.2, 0.25) is 0 Å². The fourth-order valence-corrected chi connectivity index (χ4v) is 6.69. The van der Waals surface area contributed by atoms with Gasteiger partial charge in [0.05, 0.1) is 11.4 Å². The zero-order valence-electron chi connectivity index (χ0n) is 25.3. The molecule has 230 valence electrons. The molecule has 0 radical (unpaired) electrons. The van der Waals surface area contributed by atoms with E-state index in [1.54, 1.807) is 24.0 Å². The van der Waals surface area contributed by atoms with E-state index in [9.17, 15) is 13.6 Å². The molecular formula is C32H37ClF2N4O4. The average molecular weight is 615 g/mol. The molecule has 1 fully saturated rings. The minimum Gasteiger partial charge on any atom is -0.444 e. The van der Waals surface area contributed by atoms with E-state index in [1.165, 1.54) is 0 Å². The van der Waals surface area contributed by atoms with E-state index in [-0.39, 0.29) is 23.8 Å². The van der Waals surface area contributed by atoms with Crippen LogP contribution in [-0.2, 0) is 33.6 Å². The van der Waals surface area contributed by atoms with Gasteiger partial charge < -0.3 is 23.7 Å². The number of nitrogens with zero attached hydrogens (tertiary/aromatic N) is 4. The number of amides is 1. The zero-order valence-corrected chi connectivity index (χ0v) is 26.0. The summed E-state index contributed by atoms with van der Waals surface area (Å²) in [6.07, 6.45) is 2.09. The quantitative estimate of drug-likeness (QED) is 0.222. The predicted molar refractivity (Wildman–Crippen MR) is 158 cm³/mol. The van der Waals surface area contributed by atoms with Gasteiger partial charge in [-0.25, -0.2) is 23.5 Å². The Bertz CT molecular complexity index is 1610. The number of carbonyl (C=O) groups is 1. The van der Waals surface area contributed by atoms with Gasteiger partial charge in [0.25, 0.3) is 6.43 Å². The number of aromatic nitrogens is 3. The third-order valence-electron chi connectivity index (χ3n) is 8.22. The molecule has 4 heterocycles. The summed E-state index contributed by atoms with van der Waals surface area (Å²) >= 11 is 6.42. The molecule has 8 nitrogen and oxygen atoms in total. The van der Waals surface area contributed by atoms with Crippen molar-refractivity contribution in [1.82, 2.24) is 19.4 Å². The minimum atomic E-state index is -2.58. The van der Waals surface area contributed by atoms with Crippen molar-refractivity contribution in [2.24, 2.45) is 0 Å². The lowest BCUT2D eigenvalue weighted by atomic mass is 9.89. The lowest BCUT2D eigenvalue weighted by molar-refractivity contribution is -0.147. The number of fused-ring (bicyclic) bond motifs is 3. The molecule has 2 aliphatic heterocycles. The second-order valence-electron chi connectivity index (χ2n) is 13.0. The molecule has 6 rings (SSSR count). The summed E-state index contributed by atoms with van der Waals surface area (Å²) in [4.78, 5) is 23.5. The maximum Gasteiger partial charge on any atom is 0.410 e. The SMILES string of the molecule is Cc1nc(Cl)c2ccn([C@@H]3C=C(CCc4cc(C(F)F)cc5c4CN(C(=O)OC(C)(C)C)CC5)[C@H]4OC(C)(C)O[C@H]43)c2n1. The fraction of sp³-hybridized carbons (Fsp3) is 0.531. The highest BCUT2D eigenvalue weighted by Crippen LogP contribution is 2.46. The molecule has 43 heavy (non-hydrogen) atoms. The number of hydrogen-bond donors (Lipinski definition) is 0. The number of halogens is 3. The van der Waals surface area contributed by atoms with Crippen LogP contribution >= 0.6 is 11.6 Å². The summed E-state index contributed by atoms with van der Waals surface area (Å²) in [5.41, 5.74) is 3.71. The Labute approximate surface area is 255 Å². The maximum absolute atomic E-state index is 13.9. The van der Waals surface area contributed by atoms with Crippen LogP contribution in [0.1, 0.15) is 81.6 Å². The summed E-state index contributed by atoms with van der Waals surface area (Å²) in [6.45, 7) is 11.8. The number of rotatable bonds is 5. The van der Waals surface area contributed by atoms with Gasteiger partial charge in [-0.3, -0.25) is 0 Å². The van der Waals surface area contributed by atoms with Crippen LogP contribution in [0.5, 0.6) is 0 Å². The van der Waals surface area contributed by atoms with Crippen LogP contribution < -0.4 is 0 Å². The summed E-state index contributed by atoms with van der Waals surface area (Å²) in [5.74, 6) is -0.217. The van der Waals surface area contributed by atoms with Crippen LogP contribution in [0.15, 0.2) is 36.0 Å². The lowest BCUT2D eigenvalue weighted by Gasteiger charge is -2.32. The number of benzene rings is 1. The number of aryl methyl sites for hydroxylation is 2. The van der Waals surface area contributed by atoms with Gasteiger partial charge in [0.15, 0.2) is 5.79 Å². The highest BCUT2D eigenvalue weighted by atomic mass is 35.5. The number of carbonyl (C=O) groups excluding carboxylic acids is 1. The average Bonchev–Trinajstić information content (AvgIpc) is 3.56. The van der Waals surface area contributed by atoms with Crippen molar-refractivity contribution < 1.29 is 27.8 Å². The van der Waals surface area contributed by atoms with Crippen molar-refractivity contribution in [2.45, 2.75) is 103 Å². The van der Waals surface area contributed by atoms with Crippen LogP contribution in [0.3, 0.4) is 0 Å². The number of ether oxygens (including phenoxy) is 3. The van der Waals surface area contributed by atoms with Crippen molar-refractivity contribution in [3.63, 3.8) is 0 Å². The molecule has 3 aliphatic rings. The standard InChI is InChI=1S/C32H37ClF2N4O4/c1-17-36-27(33)22-10-12-39(29(22)37-17)24-15-20(25-26(24)42-32(5,6)41-25)8-7-18-13-21(28(34)35)14-19-9-11-38(16-23(18)19)30(40)43-31(2,3)4/h10,12-15,24-26,28H,7-9,11,16H2,1-6H3/t24-,25-,26+/m1/s1. The Kier molecular flexibility index (Phi) is 7.54. The largest absolute Gasteiger partial charge is 0.444 e. The van der Waals surface area contributed by atoms with Gasteiger partial charge >= 0.3 is 6.09 Å². The van der Waals surface area contributed by atoms with Crippen molar-refractivity contribution in [3.8, 4) is 0 Å². The highest BCUT2D eigenvalue weighted by molar-refractivity contribution is 6.34. The monoisotopic (exact) mass is 614 g/mol. The predicted octanol–water partition coefficient (Wildman–Crippen LogP) is 7.26. The summed E-state index contributed by atoms with van der Waals surface area (Å²) in [5, 5.41) is 1.15. The minimum absolute atomic E-state index is 0.00273. The molecule has 2 aromatic heterocycles. The molecule has 1 amide bonds. The summed E-state index contributed by atoms with van der Waals surface area (Å²) in [7, 11) is 0. The number of alkyl halides is 2. The Morgan fingerprint density at radius 2 is 1.98 bits per heavy atom. The Hall–Kier alpha value is -3.08. The molecule has 0 unspecified atom stereocenters. The van der Waals surface area contributed by atoms with E-state index in [0.717, 1.165) is 27.6 Å². The van der Waals surface area contributed by atoms with E-state index < -0.39 is 23.9 Å². The molecule has 0 N–H and O–H groups in total. The van der Waals surface area contributed by atoms with E-state index in [0.29, 0.717) is 49.0 Å². The first-order valence-electron chi connectivity index (χ1n) is 14.7. The van der Waals surface area contributed by atoms with Crippen LogP contribution in [0, 0.1) is 6.92 Å². The molecule has 1 saturated heterocycles. The molecule has 3 atom stereocenters. The van der Waals surface area contributed by atoms with E-state index in [2.05, 4.69) is 16.0 Å². The summed E-state index contributed by atoms with van der Waals surface area (Å²) < 4.78 is 48.3. The van der Waals surface area contributed by atoms with Gasteiger partial charge in [-0.05, 0) is 101 Å². The molecule has 1 aliphatic carbocycles. The molecule has 1 aromatic carbocycles. The second kappa shape index (κ2) is 10.8. The first-order valence-corrected chi connectivity index (χ1v) is 15.0. The van der Waals surface area contributed by atoms with Crippen molar-refractivity contribution >= 4 is 28.7 Å². The van der Waals surface area contributed by atoms with Crippen molar-refractivity contribution in [3.05, 3.63) is 69.3 Å². The number of hydrogen-bond acceptors (Lipinski definition) is 6. The third-order valence-corrected chi connectivity index (χ3v) is 8.51. The van der Waals surface area contributed by atoms with Gasteiger partial charge in [-0.2, -0.15) is 0 Å². The van der Waals surface area contributed by atoms with Crippen molar-refractivity contribution in [1.29, 1.82) is 0 Å². The van der Waals surface area contributed by atoms with Crippen LogP contribution in [0.4, 0.5) is 13.6 Å². The van der Waals surface area contributed by atoms with E-state index in [4.69, 9.17) is 25.8 Å². The van der Waals surface area contributed by atoms with Gasteiger partial charge in [-0.15, -0.1) is 0 Å². The smallest absolute Gasteiger partial charge is 0.410 e. The van der Waals surface area contributed by atoms with E-state index >= 15 is 0 Å². The highest BCUT2D eigenvalue weighted by Gasteiger charge is 2.50. The van der Waals surface area contributed by atoms with Crippen molar-refractivity contribution in [2.75, 3.05) is 6.54 Å². The lowest BCUT2D eigenvalue weighted by Crippen LogP contribution is -2.40. The van der Waals surface area contributed by atoms with Gasteiger partial charge in [0.1, 0.15) is 34.4 Å². The van der Waals surface area contributed by atoms with Crippen LogP contribution in [0.2, 0.25) is 5.15 Å². The molecule has 3 aromatic rings. The Morgan fingerprint density at radius 3 is 2.70 bits per heavy atom.